The third-order valence-corrected chi connectivity index (χ3v) is 5.68. The van der Waals surface area contributed by atoms with Gasteiger partial charge in [0.1, 0.15) is 0 Å². The van der Waals surface area contributed by atoms with E-state index >= 15 is 0 Å². The number of amides is 2. The van der Waals surface area contributed by atoms with Gasteiger partial charge in [0.25, 0.3) is 5.91 Å². The second-order valence-electron chi connectivity index (χ2n) is 7.78. The quantitative estimate of drug-likeness (QED) is 0.881. The largest absolute Gasteiger partial charge is 0.352 e. The lowest BCUT2D eigenvalue weighted by Gasteiger charge is -2.32. The molecule has 0 bridgehead atoms. The second-order valence-corrected chi connectivity index (χ2v) is 7.78. The number of carbonyl (C=O) groups is 2. The first kappa shape index (κ1) is 18.9. The van der Waals surface area contributed by atoms with Crippen LogP contribution in [-0.2, 0) is 11.3 Å². The summed E-state index contributed by atoms with van der Waals surface area (Å²) in [4.78, 5) is 28.8. The minimum atomic E-state index is 0.103. The molecule has 0 unspecified atom stereocenters. The number of nitrogens with zero attached hydrogens (tertiary/aromatic N) is 2. The molecule has 1 aliphatic heterocycles. The Morgan fingerprint density at radius 3 is 2.31 bits per heavy atom. The van der Waals surface area contributed by atoms with Crippen LogP contribution in [0.2, 0.25) is 0 Å². The molecule has 0 spiro atoms. The Hall–Kier alpha value is -1.88. The zero-order valence-electron chi connectivity index (χ0n) is 15.9. The van der Waals surface area contributed by atoms with Crippen molar-refractivity contribution in [1.29, 1.82) is 0 Å². The zero-order chi connectivity index (χ0) is 18.4. The van der Waals surface area contributed by atoms with E-state index in [1.807, 2.05) is 29.2 Å². The summed E-state index contributed by atoms with van der Waals surface area (Å²) in [5.74, 6) is 0.813. The van der Waals surface area contributed by atoms with Crippen LogP contribution in [0, 0.1) is 5.92 Å². The molecular formula is C21H31N3O2. The Morgan fingerprint density at radius 1 is 1.00 bits per heavy atom. The molecule has 3 rings (SSSR count). The highest BCUT2D eigenvalue weighted by molar-refractivity contribution is 5.94. The number of likely N-dealkylation sites (N-methyl/N-ethyl adjacent to an activating group) is 1. The fourth-order valence-corrected chi connectivity index (χ4v) is 3.88. The Morgan fingerprint density at radius 2 is 1.65 bits per heavy atom. The third kappa shape index (κ3) is 5.31. The molecule has 1 N–H and O–H groups in total. The average Bonchev–Trinajstić information content (AvgIpc) is 2.68. The minimum Gasteiger partial charge on any atom is -0.352 e. The number of benzene rings is 1. The van der Waals surface area contributed by atoms with Crippen molar-refractivity contribution in [3.05, 3.63) is 35.4 Å². The van der Waals surface area contributed by atoms with Gasteiger partial charge in [0.2, 0.25) is 5.91 Å². The van der Waals surface area contributed by atoms with Gasteiger partial charge in [-0.05, 0) is 43.5 Å². The smallest absolute Gasteiger partial charge is 0.253 e. The number of rotatable bonds is 5. The molecule has 142 valence electrons. The van der Waals surface area contributed by atoms with E-state index < -0.39 is 0 Å². The predicted octanol–water partition coefficient (Wildman–Crippen LogP) is 2.66. The van der Waals surface area contributed by atoms with Crippen LogP contribution >= 0.6 is 0 Å². The molecule has 2 amide bonds. The minimum absolute atomic E-state index is 0.103. The van der Waals surface area contributed by atoms with Crippen molar-refractivity contribution in [1.82, 2.24) is 15.1 Å². The lowest BCUT2D eigenvalue weighted by molar-refractivity contribution is -0.122. The number of piperazine rings is 1. The van der Waals surface area contributed by atoms with Gasteiger partial charge in [-0.3, -0.25) is 9.59 Å². The monoisotopic (exact) mass is 357 g/mol. The molecule has 5 heteroatoms. The van der Waals surface area contributed by atoms with Crippen LogP contribution in [0.25, 0.3) is 0 Å². The van der Waals surface area contributed by atoms with Gasteiger partial charge < -0.3 is 15.1 Å². The molecule has 0 aromatic heterocycles. The van der Waals surface area contributed by atoms with Gasteiger partial charge in [-0.15, -0.1) is 0 Å². The summed E-state index contributed by atoms with van der Waals surface area (Å²) < 4.78 is 0. The number of nitrogens with one attached hydrogen (secondary N) is 1. The maximum absolute atomic E-state index is 12.5. The lowest BCUT2D eigenvalue weighted by Crippen LogP contribution is -2.47. The van der Waals surface area contributed by atoms with E-state index in [0.717, 1.165) is 37.3 Å². The van der Waals surface area contributed by atoms with Crippen molar-refractivity contribution in [3.8, 4) is 0 Å². The number of carbonyl (C=O) groups excluding carboxylic acids is 2. The molecular weight excluding hydrogens is 326 g/mol. The summed E-state index contributed by atoms with van der Waals surface area (Å²) in [7, 11) is 2.08. The SMILES string of the molecule is CN1CCN(C(=O)c2ccc(CNC(=O)CC3CCCCC3)cc2)CC1. The molecule has 1 aromatic rings. The lowest BCUT2D eigenvalue weighted by atomic mass is 9.87. The Kier molecular flexibility index (Phi) is 6.67. The average molecular weight is 357 g/mol. The standard InChI is InChI=1S/C21H31N3O2/c1-23-11-13-24(14-12-23)21(26)19-9-7-18(8-10-19)16-22-20(25)15-17-5-3-2-4-6-17/h7-10,17H,2-6,11-16H2,1H3,(H,22,25). The maximum Gasteiger partial charge on any atom is 0.253 e. The summed E-state index contributed by atoms with van der Waals surface area (Å²) in [6.45, 7) is 3.96. The van der Waals surface area contributed by atoms with Gasteiger partial charge in [-0.25, -0.2) is 0 Å². The van der Waals surface area contributed by atoms with Crippen molar-refractivity contribution in [2.75, 3.05) is 33.2 Å². The fourth-order valence-electron chi connectivity index (χ4n) is 3.88. The third-order valence-electron chi connectivity index (χ3n) is 5.68. The van der Waals surface area contributed by atoms with E-state index in [-0.39, 0.29) is 11.8 Å². The van der Waals surface area contributed by atoms with Crippen molar-refractivity contribution < 1.29 is 9.59 Å². The Balaban J connectivity index is 1.45. The summed E-state index contributed by atoms with van der Waals surface area (Å²) in [6, 6.07) is 7.65. The first-order valence-electron chi connectivity index (χ1n) is 9.95. The summed E-state index contributed by atoms with van der Waals surface area (Å²) in [5, 5.41) is 3.02. The van der Waals surface area contributed by atoms with E-state index in [1.165, 1.54) is 32.1 Å². The van der Waals surface area contributed by atoms with Crippen LogP contribution in [-0.4, -0.2) is 54.8 Å². The first-order valence-corrected chi connectivity index (χ1v) is 9.95. The molecule has 5 nitrogen and oxygen atoms in total. The predicted molar refractivity (Wildman–Crippen MR) is 103 cm³/mol. The molecule has 2 aliphatic rings. The van der Waals surface area contributed by atoms with Crippen molar-refractivity contribution >= 4 is 11.8 Å². The molecule has 2 fully saturated rings. The zero-order valence-corrected chi connectivity index (χ0v) is 15.9. The molecule has 1 aliphatic carbocycles. The number of hydrogen-bond acceptors (Lipinski definition) is 3. The van der Waals surface area contributed by atoms with Gasteiger partial charge in [-0.1, -0.05) is 31.4 Å². The van der Waals surface area contributed by atoms with Crippen molar-refractivity contribution in [2.24, 2.45) is 5.92 Å². The van der Waals surface area contributed by atoms with Crippen molar-refractivity contribution in [2.45, 2.75) is 45.1 Å². The molecule has 0 radical (unpaired) electrons. The maximum atomic E-state index is 12.5. The van der Waals surface area contributed by atoms with Gasteiger partial charge in [0, 0.05) is 44.7 Å². The molecule has 1 saturated heterocycles. The van der Waals surface area contributed by atoms with E-state index in [2.05, 4.69) is 17.3 Å². The summed E-state index contributed by atoms with van der Waals surface area (Å²) >= 11 is 0. The number of hydrogen-bond donors (Lipinski definition) is 1. The highest BCUT2D eigenvalue weighted by atomic mass is 16.2. The highest BCUT2D eigenvalue weighted by Gasteiger charge is 2.20. The summed E-state index contributed by atoms with van der Waals surface area (Å²) in [6.07, 6.45) is 6.88. The van der Waals surface area contributed by atoms with Crippen LogP contribution in [0.1, 0.15) is 54.4 Å². The molecule has 0 atom stereocenters. The van der Waals surface area contributed by atoms with Crippen LogP contribution in [0.15, 0.2) is 24.3 Å². The molecule has 1 heterocycles. The van der Waals surface area contributed by atoms with Crippen molar-refractivity contribution in [3.63, 3.8) is 0 Å². The van der Waals surface area contributed by atoms with Gasteiger partial charge in [-0.2, -0.15) is 0 Å². The van der Waals surface area contributed by atoms with Crippen LogP contribution in [0.4, 0.5) is 0 Å². The first-order chi connectivity index (χ1) is 12.6. The second kappa shape index (κ2) is 9.17. The normalized spacial score (nSPS) is 19.3. The Bertz CT molecular complexity index is 600. The van der Waals surface area contributed by atoms with Crippen LogP contribution in [0.5, 0.6) is 0 Å². The van der Waals surface area contributed by atoms with Gasteiger partial charge >= 0.3 is 0 Å². The van der Waals surface area contributed by atoms with E-state index in [4.69, 9.17) is 0 Å². The highest BCUT2D eigenvalue weighted by Crippen LogP contribution is 2.26. The van der Waals surface area contributed by atoms with Crippen LogP contribution < -0.4 is 5.32 Å². The topological polar surface area (TPSA) is 52.6 Å². The van der Waals surface area contributed by atoms with E-state index in [1.54, 1.807) is 0 Å². The van der Waals surface area contributed by atoms with Gasteiger partial charge in [0.15, 0.2) is 0 Å². The van der Waals surface area contributed by atoms with Gasteiger partial charge in [0.05, 0.1) is 0 Å². The van der Waals surface area contributed by atoms with E-state index in [0.29, 0.717) is 18.9 Å². The van der Waals surface area contributed by atoms with E-state index in [9.17, 15) is 9.59 Å². The molecule has 1 aromatic carbocycles. The molecule has 1 saturated carbocycles. The summed E-state index contributed by atoms with van der Waals surface area (Å²) in [5.41, 5.74) is 1.77. The Labute approximate surface area is 156 Å². The van der Waals surface area contributed by atoms with Crippen LogP contribution in [0.3, 0.4) is 0 Å². The fraction of sp³-hybridized carbons (Fsp3) is 0.619. The molecule has 26 heavy (non-hydrogen) atoms.